The number of hydrogen-bond donors (Lipinski definition) is 0. The van der Waals surface area contributed by atoms with E-state index in [-0.39, 0.29) is 22.8 Å². The van der Waals surface area contributed by atoms with Crippen molar-refractivity contribution in [3.8, 4) is 0 Å². The van der Waals surface area contributed by atoms with Gasteiger partial charge in [0.2, 0.25) is 6.54 Å². The zero-order valence-corrected chi connectivity index (χ0v) is 6.45. The van der Waals surface area contributed by atoms with Gasteiger partial charge in [0, 0.05) is 16.3 Å². The van der Waals surface area contributed by atoms with Gasteiger partial charge in [-0.25, -0.2) is 0 Å². The van der Waals surface area contributed by atoms with Gasteiger partial charge < -0.3 is 4.79 Å². The second-order valence-electron chi connectivity index (χ2n) is 3.27. The third-order valence-corrected chi connectivity index (χ3v) is 2.47. The van der Waals surface area contributed by atoms with Crippen LogP contribution in [0.1, 0.15) is 19.8 Å². The first-order valence-corrected chi connectivity index (χ1v) is 3.69. The Morgan fingerprint density at radius 2 is 2.27 bits per heavy atom. The second kappa shape index (κ2) is 2.60. The number of nitro groups is 1. The van der Waals surface area contributed by atoms with Crippen molar-refractivity contribution in [1.29, 1.82) is 0 Å². The predicted octanol–water partition coefficient (Wildman–Crippen LogP) is 0.878. The lowest BCUT2D eigenvalue weighted by Crippen LogP contribution is -2.22. The summed E-state index contributed by atoms with van der Waals surface area (Å²) in [6.45, 7) is 1.68. The van der Waals surface area contributed by atoms with Gasteiger partial charge in [0.15, 0.2) is 0 Å². The van der Waals surface area contributed by atoms with E-state index in [1.54, 1.807) is 6.92 Å². The number of aldehydes is 1. The Balaban J connectivity index is 2.47. The molecule has 4 heteroatoms. The molecule has 0 aromatic carbocycles. The van der Waals surface area contributed by atoms with Gasteiger partial charge in [0.25, 0.3) is 0 Å². The molecule has 0 aromatic heterocycles. The standard InChI is InChI=1S/C7H11NO3/c1-6(4-8(10)11)7(5-9)2-3-7/h5-6H,2-4H2,1H3/t6-/m0/s1. The fourth-order valence-corrected chi connectivity index (χ4v) is 1.28. The van der Waals surface area contributed by atoms with E-state index < -0.39 is 0 Å². The second-order valence-corrected chi connectivity index (χ2v) is 3.27. The minimum atomic E-state index is -0.353. The lowest BCUT2D eigenvalue weighted by atomic mass is 9.92. The molecule has 0 amide bonds. The third-order valence-electron chi connectivity index (χ3n) is 2.47. The summed E-state index contributed by atoms with van der Waals surface area (Å²) < 4.78 is 0. The number of nitrogens with zero attached hydrogens (tertiary/aromatic N) is 1. The molecule has 1 aliphatic rings. The summed E-state index contributed by atoms with van der Waals surface area (Å²) >= 11 is 0. The van der Waals surface area contributed by atoms with Crippen molar-refractivity contribution in [2.24, 2.45) is 11.3 Å². The van der Waals surface area contributed by atoms with Gasteiger partial charge in [-0.1, -0.05) is 6.92 Å². The fourth-order valence-electron chi connectivity index (χ4n) is 1.28. The summed E-state index contributed by atoms with van der Waals surface area (Å²) in [7, 11) is 0. The van der Waals surface area contributed by atoms with Crippen LogP contribution < -0.4 is 0 Å². The molecule has 0 radical (unpaired) electrons. The highest BCUT2D eigenvalue weighted by Crippen LogP contribution is 2.49. The molecule has 1 aliphatic carbocycles. The molecule has 1 saturated carbocycles. The first-order chi connectivity index (χ1) is 5.10. The largest absolute Gasteiger partial charge is 0.303 e. The van der Waals surface area contributed by atoms with Crippen LogP contribution in [-0.4, -0.2) is 17.8 Å². The van der Waals surface area contributed by atoms with E-state index in [1.165, 1.54) is 0 Å². The van der Waals surface area contributed by atoms with Gasteiger partial charge >= 0.3 is 0 Å². The van der Waals surface area contributed by atoms with E-state index in [2.05, 4.69) is 0 Å². The predicted molar refractivity (Wildman–Crippen MR) is 38.8 cm³/mol. The molecule has 0 N–H and O–H groups in total. The van der Waals surface area contributed by atoms with Crippen molar-refractivity contribution in [3.05, 3.63) is 10.1 Å². The van der Waals surface area contributed by atoms with E-state index in [9.17, 15) is 14.9 Å². The number of hydrogen-bond acceptors (Lipinski definition) is 3. The molecule has 0 unspecified atom stereocenters. The summed E-state index contributed by atoms with van der Waals surface area (Å²) in [5.41, 5.74) is -0.340. The molecule has 0 heterocycles. The smallest absolute Gasteiger partial charge is 0.207 e. The maximum absolute atomic E-state index is 10.5. The van der Waals surface area contributed by atoms with E-state index in [4.69, 9.17) is 0 Å². The van der Waals surface area contributed by atoms with Crippen molar-refractivity contribution in [2.75, 3.05) is 6.54 Å². The van der Waals surface area contributed by atoms with Crippen LogP contribution >= 0.6 is 0 Å². The van der Waals surface area contributed by atoms with Gasteiger partial charge in [-0.05, 0) is 12.8 Å². The van der Waals surface area contributed by atoms with Crippen molar-refractivity contribution in [2.45, 2.75) is 19.8 Å². The van der Waals surface area contributed by atoms with Crippen molar-refractivity contribution >= 4 is 6.29 Å². The lowest BCUT2D eigenvalue weighted by molar-refractivity contribution is -0.489. The monoisotopic (exact) mass is 157 g/mol. The van der Waals surface area contributed by atoms with Crippen LogP contribution in [0.25, 0.3) is 0 Å². The Morgan fingerprint density at radius 1 is 1.73 bits per heavy atom. The lowest BCUT2D eigenvalue weighted by Gasteiger charge is -2.11. The van der Waals surface area contributed by atoms with E-state index in [0.717, 1.165) is 19.1 Å². The van der Waals surface area contributed by atoms with E-state index in [0.29, 0.717) is 0 Å². The molecule has 0 aliphatic heterocycles. The van der Waals surface area contributed by atoms with Crippen molar-refractivity contribution in [1.82, 2.24) is 0 Å². The highest BCUT2D eigenvalue weighted by Gasteiger charge is 2.49. The average Bonchev–Trinajstić information content (AvgIpc) is 2.65. The number of carbonyl (C=O) groups is 1. The summed E-state index contributed by atoms with van der Waals surface area (Å²) in [4.78, 5) is 20.2. The molecule has 1 fully saturated rings. The van der Waals surface area contributed by atoms with Crippen LogP contribution in [0.4, 0.5) is 0 Å². The third kappa shape index (κ3) is 1.56. The number of carbonyl (C=O) groups excluding carboxylic acids is 1. The first kappa shape index (κ1) is 8.17. The van der Waals surface area contributed by atoms with Gasteiger partial charge in [0.1, 0.15) is 6.29 Å². The molecule has 1 rings (SSSR count). The summed E-state index contributed by atoms with van der Waals surface area (Å²) in [6, 6.07) is 0. The molecule has 0 aromatic rings. The van der Waals surface area contributed by atoms with Gasteiger partial charge in [-0.3, -0.25) is 10.1 Å². The molecule has 11 heavy (non-hydrogen) atoms. The van der Waals surface area contributed by atoms with E-state index in [1.807, 2.05) is 0 Å². The Bertz CT molecular complexity index is 186. The Morgan fingerprint density at radius 3 is 2.55 bits per heavy atom. The minimum Gasteiger partial charge on any atom is -0.303 e. The van der Waals surface area contributed by atoms with E-state index >= 15 is 0 Å². The first-order valence-electron chi connectivity index (χ1n) is 3.69. The molecule has 1 atom stereocenters. The van der Waals surface area contributed by atoms with Gasteiger partial charge in [-0.2, -0.15) is 0 Å². The summed E-state index contributed by atoms with van der Waals surface area (Å²) in [5.74, 6) is -0.102. The molecule has 4 nitrogen and oxygen atoms in total. The Labute approximate surface area is 64.7 Å². The average molecular weight is 157 g/mol. The highest BCUT2D eigenvalue weighted by molar-refractivity contribution is 5.63. The maximum atomic E-state index is 10.5. The summed E-state index contributed by atoms with van der Waals surface area (Å²) in [5, 5.41) is 10.1. The maximum Gasteiger partial charge on any atom is 0.207 e. The summed E-state index contributed by atoms with van der Waals surface area (Å²) in [6.07, 6.45) is 2.53. The highest BCUT2D eigenvalue weighted by atomic mass is 16.6. The zero-order valence-electron chi connectivity index (χ0n) is 6.45. The number of rotatable bonds is 4. The van der Waals surface area contributed by atoms with Crippen LogP contribution in [0.15, 0.2) is 0 Å². The Hall–Kier alpha value is -0.930. The SMILES string of the molecule is C[C@@H](C[N+](=O)[O-])C1(C=O)CC1. The van der Waals surface area contributed by atoms with Crippen LogP contribution in [0.5, 0.6) is 0 Å². The van der Waals surface area contributed by atoms with Crippen LogP contribution in [0.2, 0.25) is 0 Å². The quantitative estimate of drug-likeness (QED) is 0.345. The molecule has 0 saturated heterocycles. The minimum absolute atomic E-state index is 0.0846. The normalized spacial score (nSPS) is 22.3. The van der Waals surface area contributed by atoms with Crippen molar-refractivity contribution in [3.63, 3.8) is 0 Å². The van der Waals surface area contributed by atoms with Crippen LogP contribution in [0.3, 0.4) is 0 Å². The van der Waals surface area contributed by atoms with Gasteiger partial charge in [-0.15, -0.1) is 0 Å². The Kier molecular flexibility index (Phi) is 1.93. The molecular formula is C7H11NO3. The molecule has 0 bridgehead atoms. The van der Waals surface area contributed by atoms with Crippen LogP contribution in [-0.2, 0) is 4.79 Å². The van der Waals surface area contributed by atoms with Gasteiger partial charge in [0.05, 0.1) is 0 Å². The topological polar surface area (TPSA) is 60.2 Å². The molecule has 62 valence electrons. The zero-order chi connectivity index (χ0) is 8.48. The van der Waals surface area contributed by atoms with Crippen molar-refractivity contribution < 1.29 is 9.72 Å². The fraction of sp³-hybridized carbons (Fsp3) is 0.857. The van der Waals surface area contributed by atoms with Crippen LogP contribution in [0, 0.1) is 21.4 Å². The molecule has 0 spiro atoms. The molecular weight excluding hydrogens is 146 g/mol.